The Morgan fingerprint density at radius 2 is 1.13 bits per heavy atom. The first kappa shape index (κ1) is 35.9. The van der Waals surface area contributed by atoms with Crippen molar-refractivity contribution in [3.8, 4) is 0 Å². The summed E-state index contributed by atoms with van der Waals surface area (Å²) in [6, 6.07) is 0. The maximum absolute atomic E-state index is 3.82. The molecule has 0 nitrogen and oxygen atoms in total. The minimum absolute atomic E-state index is 1.15. The summed E-state index contributed by atoms with van der Waals surface area (Å²) >= 11 is 0. The van der Waals surface area contributed by atoms with E-state index in [1.807, 2.05) is 6.08 Å². The number of rotatable bonds is 9. The van der Waals surface area contributed by atoms with Gasteiger partial charge in [0.1, 0.15) is 0 Å². The average Bonchev–Trinajstić information content (AvgIpc) is 2.62. The molecule has 176 valence electrons. The lowest BCUT2D eigenvalue weighted by Crippen LogP contribution is -1.95. The first-order valence-electron chi connectivity index (χ1n) is 11.9. The SMILES string of the molecule is C=C(C)CCCC(=C)C.C=C/C=C(/C)C(=C(C)C)/C(=C\C)CCC.CCC.CCC. The van der Waals surface area contributed by atoms with Crippen molar-refractivity contribution >= 4 is 0 Å². The van der Waals surface area contributed by atoms with Gasteiger partial charge in [-0.25, -0.2) is 0 Å². The van der Waals surface area contributed by atoms with Crippen LogP contribution in [0.4, 0.5) is 0 Å². The highest BCUT2D eigenvalue weighted by Crippen LogP contribution is 2.26. The Hall–Kier alpha value is -1.56. The molecule has 0 aromatic rings. The van der Waals surface area contributed by atoms with Gasteiger partial charge >= 0.3 is 0 Å². The van der Waals surface area contributed by atoms with E-state index in [0.717, 1.165) is 19.3 Å². The third-order valence-electron chi connectivity index (χ3n) is 3.66. The van der Waals surface area contributed by atoms with Crippen molar-refractivity contribution in [1.82, 2.24) is 0 Å². The molecule has 0 heteroatoms. The van der Waals surface area contributed by atoms with Crippen molar-refractivity contribution in [1.29, 1.82) is 0 Å². The van der Waals surface area contributed by atoms with Gasteiger partial charge in [0.05, 0.1) is 0 Å². The van der Waals surface area contributed by atoms with Crippen molar-refractivity contribution in [3.05, 3.63) is 71.4 Å². The predicted molar refractivity (Wildman–Crippen MR) is 146 cm³/mol. The molecule has 0 aromatic heterocycles. The molecular weight excluding hydrogens is 360 g/mol. The van der Waals surface area contributed by atoms with Crippen LogP contribution in [-0.4, -0.2) is 0 Å². The number of hydrogen-bond donors (Lipinski definition) is 0. The molecule has 0 N–H and O–H groups in total. The van der Waals surface area contributed by atoms with Crippen LogP contribution in [0.15, 0.2) is 71.4 Å². The van der Waals surface area contributed by atoms with Crippen LogP contribution in [0.25, 0.3) is 0 Å². The lowest BCUT2D eigenvalue weighted by molar-refractivity contribution is 0.808. The highest BCUT2D eigenvalue weighted by Gasteiger charge is 2.07. The zero-order chi connectivity index (χ0) is 24.5. The number of allylic oxidation sites excluding steroid dienone is 9. The fraction of sp³-hybridized carbons (Fsp3) is 0.600. The molecule has 0 bridgehead atoms. The molecule has 0 fully saturated rings. The van der Waals surface area contributed by atoms with Gasteiger partial charge in [0, 0.05) is 0 Å². The van der Waals surface area contributed by atoms with Crippen molar-refractivity contribution < 1.29 is 0 Å². The van der Waals surface area contributed by atoms with Gasteiger partial charge in [-0.3, -0.25) is 0 Å². The molecule has 30 heavy (non-hydrogen) atoms. The normalized spacial score (nSPS) is 10.2. The summed E-state index contributed by atoms with van der Waals surface area (Å²) in [6.07, 6.45) is 14.5. The smallest absolute Gasteiger partial charge is 0.0212 e. The quantitative estimate of drug-likeness (QED) is 0.259. The summed E-state index contributed by atoms with van der Waals surface area (Å²) < 4.78 is 0. The van der Waals surface area contributed by atoms with Crippen molar-refractivity contribution in [2.75, 3.05) is 0 Å². The maximum atomic E-state index is 3.82. The van der Waals surface area contributed by atoms with Gasteiger partial charge in [0.2, 0.25) is 0 Å². The molecule has 0 heterocycles. The fourth-order valence-corrected chi connectivity index (χ4v) is 2.60. The van der Waals surface area contributed by atoms with Crippen LogP contribution in [0.5, 0.6) is 0 Å². The highest BCUT2D eigenvalue weighted by molar-refractivity contribution is 5.48. The van der Waals surface area contributed by atoms with Crippen molar-refractivity contribution in [2.24, 2.45) is 0 Å². The third-order valence-corrected chi connectivity index (χ3v) is 3.66. The Labute approximate surface area is 192 Å². The first-order chi connectivity index (χ1) is 14.0. The summed E-state index contributed by atoms with van der Waals surface area (Å²) in [5.41, 5.74) is 8.10. The molecule has 0 aliphatic carbocycles. The largest absolute Gasteiger partial charge is 0.100 e. The predicted octanol–water partition coefficient (Wildman–Crippen LogP) is 11.3. The van der Waals surface area contributed by atoms with Crippen LogP contribution in [0.1, 0.15) is 121 Å². The Bertz CT molecular complexity index is 500. The maximum Gasteiger partial charge on any atom is -0.0212 e. The second kappa shape index (κ2) is 27.4. The minimum atomic E-state index is 1.15. The van der Waals surface area contributed by atoms with E-state index >= 15 is 0 Å². The molecule has 0 unspecified atom stereocenters. The molecule has 0 spiro atoms. The van der Waals surface area contributed by atoms with E-state index < -0.39 is 0 Å². The Morgan fingerprint density at radius 1 is 0.733 bits per heavy atom. The van der Waals surface area contributed by atoms with E-state index in [0.29, 0.717) is 0 Å². The third kappa shape index (κ3) is 28.6. The van der Waals surface area contributed by atoms with Gasteiger partial charge in [0.15, 0.2) is 0 Å². The van der Waals surface area contributed by atoms with Gasteiger partial charge in [-0.1, -0.05) is 95.4 Å². The Kier molecular flexibility index (Phi) is 32.8. The highest BCUT2D eigenvalue weighted by atomic mass is 14.1. The summed E-state index contributed by atoms with van der Waals surface area (Å²) in [4.78, 5) is 0. The molecule has 0 atom stereocenters. The summed E-state index contributed by atoms with van der Waals surface area (Å²) in [6.45, 7) is 34.9. The van der Waals surface area contributed by atoms with E-state index in [1.165, 1.54) is 59.1 Å². The van der Waals surface area contributed by atoms with Crippen LogP contribution in [-0.2, 0) is 0 Å². The molecule has 0 rings (SSSR count). The lowest BCUT2D eigenvalue weighted by Gasteiger charge is -2.14. The molecule has 0 saturated carbocycles. The fourth-order valence-electron chi connectivity index (χ4n) is 2.60. The van der Waals surface area contributed by atoms with Gasteiger partial charge in [-0.15, -0.1) is 13.2 Å². The zero-order valence-electron chi connectivity index (χ0n) is 22.8. The van der Waals surface area contributed by atoms with Crippen LogP contribution in [0.3, 0.4) is 0 Å². The van der Waals surface area contributed by atoms with Crippen LogP contribution in [0.2, 0.25) is 0 Å². The van der Waals surface area contributed by atoms with Crippen LogP contribution < -0.4 is 0 Å². The van der Waals surface area contributed by atoms with Gasteiger partial charge in [-0.2, -0.15) is 0 Å². The van der Waals surface area contributed by atoms with E-state index in [9.17, 15) is 0 Å². The van der Waals surface area contributed by atoms with E-state index in [2.05, 4.69) is 108 Å². The van der Waals surface area contributed by atoms with Gasteiger partial charge in [-0.05, 0) is 83.9 Å². The summed E-state index contributed by atoms with van der Waals surface area (Å²) in [7, 11) is 0. The molecule has 0 radical (unpaired) electrons. The lowest BCUT2D eigenvalue weighted by atomic mass is 9.91. The second-order valence-electron chi connectivity index (χ2n) is 8.21. The molecule has 0 aliphatic rings. The molecule has 0 amide bonds. The van der Waals surface area contributed by atoms with Crippen LogP contribution in [0, 0.1) is 0 Å². The Morgan fingerprint density at radius 3 is 1.37 bits per heavy atom. The van der Waals surface area contributed by atoms with Crippen molar-refractivity contribution in [2.45, 2.75) is 121 Å². The topological polar surface area (TPSA) is 0 Å². The monoisotopic (exact) mass is 416 g/mol. The van der Waals surface area contributed by atoms with E-state index in [4.69, 9.17) is 0 Å². The minimum Gasteiger partial charge on any atom is -0.100 e. The molecule has 0 aromatic carbocycles. The Balaban J connectivity index is -0.000000190. The first-order valence-corrected chi connectivity index (χ1v) is 11.9. The molecule has 0 saturated heterocycles. The zero-order valence-corrected chi connectivity index (χ0v) is 22.8. The molecule has 0 aliphatic heterocycles. The van der Waals surface area contributed by atoms with Crippen LogP contribution >= 0.6 is 0 Å². The summed E-state index contributed by atoms with van der Waals surface area (Å²) in [5, 5.41) is 0. The summed E-state index contributed by atoms with van der Waals surface area (Å²) in [5.74, 6) is 0. The van der Waals surface area contributed by atoms with Gasteiger partial charge in [0.25, 0.3) is 0 Å². The molecular formula is C30H56. The number of hydrogen-bond acceptors (Lipinski definition) is 0. The average molecular weight is 417 g/mol. The van der Waals surface area contributed by atoms with E-state index in [1.54, 1.807) is 0 Å². The van der Waals surface area contributed by atoms with Gasteiger partial charge < -0.3 is 0 Å². The standard InChI is InChI=1S/C15H24.C9H16.2C3H8/c1-7-10-13(6)15(12(4)5)14(9-3)11-8-2;1-8(2)6-5-7-9(3)4;2*1-3-2/h7,9-10H,1,8,11H2,2-6H3;1,3,5-7H2,2,4H3;2*3H2,1-2H3/b13-10-,14-9-;;;. The van der Waals surface area contributed by atoms with Crippen molar-refractivity contribution in [3.63, 3.8) is 0 Å². The second-order valence-corrected chi connectivity index (χ2v) is 8.21. The van der Waals surface area contributed by atoms with E-state index in [-0.39, 0.29) is 0 Å².